The lowest BCUT2D eigenvalue weighted by Gasteiger charge is -2.29. The Kier molecular flexibility index (Phi) is 18.0. The van der Waals surface area contributed by atoms with E-state index in [9.17, 15) is 9.46 Å². The van der Waals surface area contributed by atoms with E-state index in [1.807, 2.05) is 21.1 Å². The number of nitrogens with zero attached hydrogens (tertiary/aromatic N) is 1. The molecule has 0 aliphatic carbocycles. The van der Waals surface area contributed by atoms with Crippen LogP contribution >= 0.6 is 7.82 Å². The normalized spacial score (nSPS) is 20.4. The first-order chi connectivity index (χ1) is 16.7. The van der Waals surface area contributed by atoms with Crippen LogP contribution in [-0.4, -0.2) is 75.7 Å². The molecule has 1 aliphatic heterocycles. The van der Waals surface area contributed by atoms with Crippen molar-refractivity contribution in [3.05, 3.63) is 0 Å². The molecule has 1 heterocycles. The Morgan fingerprint density at radius 1 is 0.800 bits per heavy atom. The third-order valence-electron chi connectivity index (χ3n) is 6.70. The molecule has 2 atom stereocenters. The van der Waals surface area contributed by atoms with Crippen LogP contribution in [0, 0.1) is 0 Å². The van der Waals surface area contributed by atoms with Gasteiger partial charge in [-0.1, -0.05) is 90.4 Å². The summed E-state index contributed by atoms with van der Waals surface area (Å²) in [5.41, 5.74) is -0.641. The number of phosphoric ester groups is 1. The monoisotopic (exact) mass is 522 g/mol. The van der Waals surface area contributed by atoms with Crippen molar-refractivity contribution in [3.63, 3.8) is 0 Å². The van der Waals surface area contributed by atoms with Gasteiger partial charge in [0, 0.05) is 13.2 Å². The number of hydrogen-bond donors (Lipinski definition) is 1. The first kappa shape index (κ1) is 33.0. The molecule has 210 valence electrons. The van der Waals surface area contributed by atoms with E-state index < -0.39 is 13.4 Å². The standard InChI is InChI=1S/C27H56NO6P/c1-5-6-7-8-9-10-11-12-13-14-15-16-17-18-22-31-25-27(20-19-23-32-27)26-34-35(29,30)33-24-21-28(2,3)4/h5-26H2,1-4H3/p+1. The van der Waals surface area contributed by atoms with Crippen LogP contribution in [0.3, 0.4) is 0 Å². The lowest BCUT2D eigenvalue weighted by atomic mass is 10.0. The summed E-state index contributed by atoms with van der Waals surface area (Å²) in [6.45, 7) is 4.80. The van der Waals surface area contributed by atoms with Crippen LogP contribution in [0.1, 0.15) is 110 Å². The molecule has 0 aromatic heterocycles. The minimum atomic E-state index is -4.10. The summed E-state index contributed by atoms with van der Waals surface area (Å²) in [5.74, 6) is 0. The highest BCUT2D eigenvalue weighted by atomic mass is 31.2. The number of likely N-dealkylation sites (N-methyl/N-ethyl adjacent to an activating group) is 1. The van der Waals surface area contributed by atoms with E-state index in [1.54, 1.807) is 0 Å². The highest BCUT2D eigenvalue weighted by Gasteiger charge is 2.39. The second kappa shape index (κ2) is 19.1. The van der Waals surface area contributed by atoms with Crippen LogP contribution in [-0.2, 0) is 23.1 Å². The maximum atomic E-state index is 12.2. The summed E-state index contributed by atoms with van der Waals surface area (Å²) in [5, 5.41) is 0. The van der Waals surface area contributed by atoms with Gasteiger partial charge in [0.25, 0.3) is 0 Å². The third kappa shape index (κ3) is 18.8. The van der Waals surface area contributed by atoms with Crippen molar-refractivity contribution < 1.29 is 32.5 Å². The molecule has 0 aromatic rings. The molecule has 0 bridgehead atoms. The van der Waals surface area contributed by atoms with Gasteiger partial charge < -0.3 is 18.9 Å². The number of quaternary nitrogens is 1. The first-order valence-electron chi connectivity index (χ1n) is 14.3. The lowest BCUT2D eigenvalue weighted by Crippen LogP contribution is -2.39. The van der Waals surface area contributed by atoms with Crippen LogP contribution in [0.2, 0.25) is 0 Å². The van der Waals surface area contributed by atoms with Crippen LogP contribution in [0.5, 0.6) is 0 Å². The Morgan fingerprint density at radius 3 is 1.83 bits per heavy atom. The van der Waals surface area contributed by atoms with Gasteiger partial charge in [0.1, 0.15) is 18.8 Å². The number of ether oxygens (including phenoxy) is 2. The number of rotatable bonds is 24. The Bertz CT molecular complexity index is 548. The average molecular weight is 523 g/mol. The Hall–Kier alpha value is -0.0100. The molecule has 0 aromatic carbocycles. The maximum absolute atomic E-state index is 12.2. The fraction of sp³-hybridized carbons (Fsp3) is 1.00. The molecule has 1 N–H and O–H groups in total. The highest BCUT2D eigenvalue weighted by molar-refractivity contribution is 7.47. The van der Waals surface area contributed by atoms with Gasteiger partial charge in [0.2, 0.25) is 0 Å². The molecule has 0 radical (unpaired) electrons. The van der Waals surface area contributed by atoms with Crippen molar-refractivity contribution in [2.45, 2.75) is 115 Å². The first-order valence-corrected chi connectivity index (χ1v) is 15.8. The number of phosphoric acid groups is 1. The third-order valence-corrected chi connectivity index (χ3v) is 7.66. The lowest BCUT2D eigenvalue weighted by molar-refractivity contribution is -0.870. The van der Waals surface area contributed by atoms with Crippen molar-refractivity contribution in [3.8, 4) is 0 Å². The SMILES string of the molecule is CCCCCCCCCCCCCCCCOCC1(COP(=O)(O)OCC[N+](C)(C)C)CCCO1. The molecular formula is C27H57NO6P+. The largest absolute Gasteiger partial charge is 0.472 e. The van der Waals surface area contributed by atoms with Crippen molar-refractivity contribution in [2.24, 2.45) is 0 Å². The molecule has 1 saturated heterocycles. The van der Waals surface area contributed by atoms with Gasteiger partial charge in [-0.3, -0.25) is 9.05 Å². The zero-order chi connectivity index (χ0) is 25.9. The molecule has 1 aliphatic rings. The molecule has 8 heteroatoms. The minimum absolute atomic E-state index is 0.0178. The van der Waals surface area contributed by atoms with Gasteiger partial charge in [0.15, 0.2) is 0 Å². The summed E-state index contributed by atoms with van der Waals surface area (Å²) >= 11 is 0. The fourth-order valence-electron chi connectivity index (χ4n) is 4.35. The summed E-state index contributed by atoms with van der Waals surface area (Å²) in [7, 11) is 1.91. The summed E-state index contributed by atoms with van der Waals surface area (Å²) in [6.07, 6.45) is 20.4. The Labute approximate surface area is 216 Å². The van der Waals surface area contributed by atoms with E-state index in [-0.39, 0.29) is 13.2 Å². The van der Waals surface area contributed by atoms with Crippen LogP contribution in [0.4, 0.5) is 0 Å². The molecule has 1 fully saturated rings. The van der Waals surface area contributed by atoms with E-state index in [0.717, 1.165) is 19.3 Å². The second-order valence-electron chi connectivity index (χ2n) is 11.4. The van der Waals surface area contributed by atoms with Crippen LogP contribution in [0.25, 0.3) is 0 Å². The van der Waals surface area contributed by atoms with Gasteiger partial charge in [-0.05, 0) is 19.3 Å². The minimum Gasteiger partial charge on any atom is -0.378 e. The summed E-state index contributed by atoms with van der Waals surface area (Å²) in [6, 6.07) is 0. The summed E-state index contributed by atoms with van der Waals surface area (Å²) < 4.78 is 35.1. The van der Waals surface area contributed by atoms with Crippen LogP contribution in [0.15, 0.2) is 0 Å². The number of unbranched alkanes of at least 4 members (excludes halogenated alkanes) is 13. The highest BCUT2D eigenvalue weighted by Crippen LogP contribution is 2.45. The average Bonchev–Trinajstić information content (AvgIpc) is 3.26. The van der Waals surface area contributed by atoms with Gasteiger partial charge >= 0.3 is 7.82 Å². The van der Waals surface area contributed by atoms with Gasteiger partial charge in [-0.2, -0.15) is 0 Å². The predicted molar refractivity (Wildman–Crippen MR) is 144 cm³/mol. The van der Waals surface area contributed by atoms with Crippen LogP contribution < -0.4 is 0 Å². The van der Waals surface area contributed by atoms with E-state index in [0.29, 0.717) is 30.8 Å². The van der Waals surface area contributed by atoms with Crippen molar-refractivity contribution in [2.75, 3.05) is 60.7 Å². The van der Waals surface area contributed by atoms with Crippen molar-refractivity contribution >= 4 is 7.82 Å². The van der Waals surface area contributed by atoms with Gasteiger partial charge in [-0.25, -0.2) is 4.57 Å². The van der Waals surface area contributed by atoms with Crippen molar-refractivity contribution in [1.82, 2.24) is 0 Å². The molecular weight excluding hydrogens is 465 g/mol. The maximum Gasteiger partial charge on any atom is 0.472 e. The zero-order valence-corrected chi connectivity index (χ0v) is 24.3. The second-order valence-corrected chi connectivity index (χ2v) is 12.8. The van der Waals surface area contributed by atoms with E-state index in [1.165, 1.54) is 83.5 Å². The molecule has 35 heavy (non-hydrogen) atoms. The Balaban J connectivity index is 2.03. The quantitative estimate of drug-likeness (QED) is 0.0847. The zero-order valence-electron chi connectivity index (χ0n) is 23.4. The topological polar surface area (TPSA) is 74.2 Å². The predicted octanol–water partition coefficient (Wildman–Crippen LogP) is 6.87. The van der Waals surface area contributed by atoms with Gasteiger partial charge in [0.05, 0.1) is 34.4 Å². The van der Waals surface area contributed by atoms with E-state index >= 15 is 0 Å². The van der Waals surface area contributed by atoms with E-state index in [2.05, 4.69) is 6.92 Å². The molecule has 1 rings (SSSR count). The smallest absolute Gasteiger partial charge is 0.378 e. The van der Waals surface area contributed by atoms with E-state index in [4.69, 9.17) is 18.5 Å². The van der Waals surface area contributed by atoms with Gasteiger partial charge in [-0.15, -0.1) is 0 Å². The van der Waals surface area contributed by atoms with Crippen molar-refractivity contribution in [1.29, 1.82) is 0 Å². The fourth-order valence-corrected chi connectivity index (χ4v) is 5.13. The molecule has 0 spiro atoms. The molecule has 0 saturated carbocycles. The molecule has 0 amide bonds. The molecule has 7 nitrogen and oxygen atoms in total. The number of hydrogen-bond acceptors (Lipinski definition) is 5. The Morgan fingerprint density at radius 2 is 1.34 bits per heavy atom. The molecule has 2 unspecified atom stereocenters. The summed E-state index contributed by atoms with van der Waals surface area (Å²) in [4.78, 5) is 10.0.